The zero-order chi connectivity index (χ0) is 18.9. The van der Waals surface area contributed by atoms with Gasteiger partial charge in [0.2, 0.25) is 15.9 Å². The van der Waals surface area contributed by atoms with Gasteiger partial charge in [-0.1, -0.05) is 23.7 Å². The van der Waals surface area contributed by atoms with Crippen molar-refractivity contribution in [3.63, 3.8) is 0 Å². The van der Waals surface area contributed by atoms with E-state index in [1.54, 1.807) is 36.4 Å². The van der Waals surface area contributed by atoms with Gasteiger partial charge in [-0.15, -0.1) is 0 Å². The van der Waals surface area contributed by atoms with E-state index in [1.807, 2.05) is 0 Å². The molecule has 0 saturated carbocycles. The highest BCUT2D eigenvalue weighted by atomic mass is 35.5. The van der Waals surface area contributed by atoms with Crippen molar-refractivity contribution in [3.05, 3.63) is 59.1 Å². The van der Waals surface area contributed by atoms with E-state index in [0.29, 0.717) is 17.3 Å². The molecule has 1 fully saturated rings. The van der Waals surface area contributed by atoms with Crippen LogP contribution in [0.15, 0.2) is 53.4 Å². The number of nitrogens with zero attached hydrogens (tertiary/aromatic N) is 1. The van der Waals surface area contributed by atoms with Gasteiger partial charge in [-0.05, 0) is 42.0 Å². The first-order chi connectivity index (χ1) is 12.3. The molecule has 3 rings (SSSR count). The van der Waals surface area contributed by atoms with Crippen LogP contribution in [0.4, 0.5) is 5.69 Å². The highest BCUT2D eigenvalue weighted by Crippen LogP contribution is 2.24. The van der Waals surface area contributed by atoms with E-state index in [9.17, 15) is 18.0 Å². The van der Waals surface area contributed by atoms with Crippen molar-refractivity contribution in [2.45, 2.75) is 23.9 Å². The normalized spacial score (nSPS) is 17.8. The van der Waals surface area contributed by atoms with Gasteiger partial charge in [0.05, 0.1) is 23.0 Å². The van der Waals surface area contributed by atoms with Crippen LogP contribution in [-0.2, 0) is 26.2 Å². The summed E-state index contributed by atoms with van der Waals surface area (Å²) in [5, 5.41) is 8.60. The molecule has 1 aliphatic rings. The minimum atomic E-state index is -3.74. The fourth-order valence-electron chi connectivity index (χ4n) is 2.69. The third kappa shape index (κ3) is 3.94. The number of nitrogens with two attached hydrogens (primary N) is 1. The lowest BCUT2D eigenvalue weighted by atomic mass is 10.2. The summed E-state index contributed by atoms with van der Waals surface area (Å²) in [7, 11) is -3.74. The minimum Gasteiger partial charge on any atom is -0.301 e. The fraction of sp³-hybridized carbons (Fsp3) is 0.176. The highest BCUT2D eigenvalue weighted by molar-refractivity contribution is 7.89. The quantitative estimate of drug-likeness (QED) is 0.746. The number of hydrogen-bond acceptors (Lipinski definition) is 5. The average molecular weight is 394 g/mol. The fourth-order valence-corrected chi connectivity index (χ4v) is 3.33. The minimum absolute atomic E-state index is 0.0160. The number of carbonyl (C=O) groups is 2. The Hall–Kier alpha value is -2.26. The maximum absolute atomic E-state index is 12.5. The second-order valence-corrected chi connectivity index (χ2v) is 7.87. The number of benzene rings is 2. The Morgan fingerprint density at radius 1 is 1.08 bits per heavy atom. The van der Waals surface area contributed by atoms with Crippen LogP contribution in [0.1, 0.15) is 12.0 Å². The number of hydrogen-bond donors (Lipinski definition) is 2. The SMILES string of the molecule is NS(=O)(=O)c1ccc(CN[C@H]2CC(=O)N(c3ccc(Cl)cc3)C2=O)cc1. The molecule has 26 heavy (non-hydrogen) atoms. The molecule has 0 spiro atoms. The molecule has 136 valence electrons. The van der Waals surface area contributed by atoms with Crippen LogP contribution in [0.5, 0.6) is 0 Å². The van der Waals surface area contributed by atoms with Gasteiger partial charge in [-0.25, -0.2) is 18.5 Å². The number of rotatable bonds is 5. The molecule has 9 heteroatoms. The van der Waals surface area contributed by atoms with Gasteiger partial charge in [0.25, 0.3) is 5.91 Å². The maximum atomic E-state index is 12.5. The standard InChI is InChI=1S/C17H16ClN3O4S/c18-12-3-5-13(6-4-12)21-16(22)9-15(17(21)23)20-10-11-1-7-14(8-2-11)26(19,24)25/h1-8,15,20H,9-10H2,(H2,19,24,25)/t15-/m0/s1. The number of primary sulfonamides is 1. The Balaban J connectivity index is 1.67. The van der Waals surface area contributed by atoms with Gasteiger partial charge in [-0.2, -0.15) is 0 Å². The molecule has 2 aromatic carbocycles. The molecule has 3 N–H and O–H groups in total. The first-order valence-electron chi connectivity index (χ1n) is 7.73. The number of nitrogens with one attached hydrogen (secondary N) is 1. The Labute approximate surface area is 155 Å². The zero-order valence-electron chi connectivity index (χ0n) is 13.6. The molecule has 1 heterocycles. The third-order valence-electron chi connectivity index (χ3n) is 4.04. The first kappa shape index (κ1) is 18.5. The van der Waals surface area contributed by atoms with Gasteiger partial charge in [-0.3, -0.25) is 9.59 Å². The number of halogens is 1. The molecule has 0 bridgehead atoms. The van der Waals surface area contributed by atoms with Crippen molar-refractivity contribution in [1.29, 1.82) is 0 Å². The van der Waals surface area contributed by atoms with Crippen LogP contribution < -0.4 is 15.4 Å². The van der Waals surface area contributed by atoms with Gasteiger partial charge in [0.15, 0.2) is 0 Å². The zero-order valence-corrected chi connectivity index (χ0v) is 15.1. The van der Waals surface area contributed by atoms with Gasteiger partial charge in [0, 0.05) is 11.6 Å². The van der Waals surface area contributed by atoms with Crippen molar-refractivity contribution >= 4 is 39.1 Å². The van der Waals surface area contributed by atoms with E-state index < -0.39 is 16.1 Å². The Kier molecular flexibility index (Phi) is 5.10. The molecule has 1 aliphatic heterocycles. The topological polar surface area (TPSA) is 110 Å². The van der Waals surface area contributed by atoms with Gasteiger partial charge >= 0.3 is 0 Å². The molecule has 1 saturated heterocycles. The van der Waals surface area contributed by atoms with Gasteiger partial charge in [0.1, 0.15) is 0 Å². The second kappa shape index (κ2) is 7.16. The van der Waals surface area contributed by atoms with Crippen LogP contribution in [0, 0.1) is 0 Å². The molecule has 0 unspecified atom stereocenters. The third-order valence-corrected chi connectivity index (χ3v) is 5.22. The van der Waals surface area contributed by atoms with Crippen molar-refractivity contribution in [3.8, 4) is 0 Å². The van der Waals surface area contributed by atoms with E-state index in [1.165, 1.54) is 12.1 Å². The second-order valence-electron chi connectivity index (χ2n) is 5.87. The van der Waals surface area contributed by atoms with Crippen LogP contribution >= 0.6 is 11.6 Å². The van der Waals surface area contributed by atoms with E-state index >= 15 is 0 Å². The number of sulfonamides is 1. The smallest absolute Gasteiger partial charge is 0.251 e. The van der Waals surface area contributed by atoms with Crippen molar-refractivity contribution in [2.24, 2.45) is 5.14 Å². The summed E-state index contributed by atoms with van der Waals surface area (Å²) in [6, 6.07) is 11.8. The molecule has 0 aromatic heterocycles. The molecule has 7 nitrogen and oxygen atoms in total. The monoisotopic (exact) mass is 393 g/mol. The predicted octanol–water partition coefficient (Wildman–Crippen LogP) is 1.41. The highest BCUT2D eigenvalue weighted by Gasteiger charge is 2.39. The van der Waals surface area contributed by atoms with E-state index in [-0.39, 0.29) is 23.1 Å². The Morgan fingerprint density at radius 3 is 2.27 bits per heavy atom. The molecule has 0 radical (unpaired) electrons. The summed E-state index contributed by atoms with van der Waals surface area (Å²) in [5.41, 5.74) is 1.24. The largest absolute Gasteiger partial charge is 0.301 e. The lowest BCUT2D eigenvalue weighted by molar-refractivity contribution is -0.121. The molecular weight excluding hydrogens is 378 g/mol. The Morgan fingerprint density at radius 2 is 1.69 bits per heavy atom. The van der Waals surface area contributed by atoms with E-state index in [0.717, 1.165) is 10.5 Å². The van der Waals surface area contributed by atoms with Crippen molar-refractivity contribution in [2.75, 3.05) is 4.90 Å². The predicted molar refractivity (Wildman–Crippen MR) is 97.0 cm³/mol. The van der Waals surface area contributed by atoms with Crippen molar-refractivity contribution in [1.82, 2.24) is 5.32 Å². The molecule has 2 aromatic rings. The first-order valence-corrected chi connectivity index (χ1v) is 9.65. The summed E-state index contributed by atoms with van der Waals surface area (Å²) in [6.07, 6.45) is 0.0523. The summed E-state index contributed by atoms with van der Waals surface area (Å²) in [4.78, 5) is 25.9. The lowest BCUT2D eigenvalue weighted by Crippen LogP contribution is -2.38. The summed E-state index contributed by atoms with van der Waals surface area (Å²) < 4.78 is 22.5. The molecule has 0 aliphatic carbocycles. The Bertz CT molecular complexity index is 943. The number of amides is 2. The van der Waals surface area contributed by atoms with E-state index in [4.69, 9.17) is 16.7 Å². The van der Waals surface area contributed by atoms with Crippen LogP contribution in [0.2, 0.25) is 5.02 Å². The van der Waals surface area contributed by atoms with Crippen LogP contribution in [0.25, 0.3) is 0 Å². The summed E-state index contributed by atoms with van der Waals surface area (Å²) in [6.45, 7) is 0.309. The van der Waals surface area contributed by atoms with Gasteiger partial charge < -0.3 is 5.32 Å². The van der Waals surface area contributed by atoms with Crippen LogP contribution in [0.3, 0.4) is 0 Å². The maximum Gasteiger partial charge on any atom is 0.251 e. The molecular formula is C17H16ClN3O4S. The number of anilines is 1. The van der Waals surface area contributed by atoms with Crippen molar-refractivity contribution < 1.29 is 18.0 Å². The summed E-state index contributed by atoms with van der Waals surface area (Å²) >= 11 is 5.83. The molecule has 1 atom stereocenters. The average Bonchev–Trinajstić information content (AvgIpc) is 2.87. The van der Waals surface area contributed by atoms with Crippen LogP contribution in [-0.4, -0.2) is 26.3 Å². The van der Waals surface area contributed by atoms with E-state index in [2.05, 4.69) is 5.32 Å². The lowest BCUT2D eigenvalue weighted by Gasteiger charge is -2.15. The number of imide groups is 1. The number of carbonyl (C=O) groups excluding carboxylic acids is 2. The molecule has 2 amide bonds. The summed E-state index contributed by atoms with van der Waals surface area (Å²) in [5.74, 6) is -0.627.